The lowest BCUT2D eigenvalue weighted by Crippen LogP contribution is -2.41. The molecule has 20 heavy (non-hydrogen) atoms. The maximum atomic E-state index is 2.72. The normalized spacial score (nSPS) is 21.1. The van der Waals surface area contributed by atoms with Gasteiger partial charge in [0.25, 0.3) is 0 Å². The van der Waals surface area contributed by atoms with Crippen molar-refractivity contribution in [3.63, 3.8) is 0 Å². The molecule has 1 atom stereocenters. The van der Waals surface area contributed by atoms with Crippen molar-refractivity contribution in [3.05, 3.63) is 35.4 Å². The van der Waals surface area contributed by atoms with Gasteiger partial charge in [0.15, 0.2) is 0 Å². The van der Waals surface area contributed by atoms with Crippen LogP contribution in [0.1, 0.15) is 64.5 Å². The van der Waals surface area contributed by atoms with Crippen molar-refractivity contribution in [2.45, 2.75) is 71.3 Å². The van der Waals surface area contributed by atoms with Gasteiger partial charge in [0.1, 0.15) is 0 Å². The second-order valence-corrected chi connectivity index (χ2v) is 7.34. The van der Waals surface area contributed by atoms with Crippen molar-refractivity contribution < 1.29 is 0 Å². The van der Waals surface area contributed by atoms with Gasteiger partial charge in [-0.05, 0) is 55.3 Å². The Hall–Kier alpha value is -0.820. The Morgan fingerprint density at radius 1 is 1.20 bits per heavy atom. The summed E-state index contributed by atoms with van der Waals surface area (Å²) < 4.78 is 0. The van der Waals surface area contributed by atoms with E-state index in [1.54, 1.807) is 0 Å². The first kappa shape index (κ1) is 15.6. The maximum Gasteiger partial charge on any atom is 0.0136 e. The van der Waals surface area contributed by atoms with Gasteiger partial charge in [0, 0.05) is 6.04 Å². The van der Waals surface area contributed by atoms with Gasteiger partial charge in [-0.15, -0.1) is 0 Å². The molecule has 1 nitrogen and oxygen atoms in total. The molecule has 0 aliphatic carbocycles. The molecule has 0 N–H and O–H groups in total. The highest BCUT2D eigenvalue weighted by Crippen LogP contribution is 2.25. The van der Waals surface area contributed by atoms with Crippen molar-refractivity contribution in [3.8, 4) is 0 Å². The molecule has 2 rings (SSSR count). The van der Waals surface area contributed by atoms with Crippen molar-refractivity contribution in [1.29, 1.82) is 0 Å². The molecule has 1 aromatic carbocycles. The van der Waals surface area contributed by atoms with Gasteiger partial charge >= 0.3 is 0 Å². The van der Waals surface area contributed by atoms with E-state index < -0.39 is 0 Å². The van der Waals surface area contributed by atoms with Gasteiger partial charge in [-0.3, -0.25) is 0 Å². The lowest BCUT2D eigenvalue weighted by atomic mass is 9.85. The molecule has 112 valence electrons. The van der Waals surface area contributed by atoms with Crippen molar-refractivity contribution in [2.24, 2.45) is 0 Å². The average molecular weight is 273 g/mol. The van der Waals surface area contributed by atoms with E-state index in [1.165, 1.54) is 56.3 Å². The maximum absolute atomic E-state index is 2.72. The van der Waals surface area contributed by atoms with Crippen LogP contribution < -0.4 is 0 Å². The molecule has 1 saturated heterocycles. The van der Waals surface area contributed by atoms with Crippen LogP contribution in [0, 0.1) is 0 Å². The average Bonchev–Trinajstić information content (AvgIpc) is 2.41. The summed E-state index contributed by atoms with van der Waals surface area (Å²) in [5.74, 6) is 0. The van der Waals surface area contributed by atoms with Crippen LogP contribution in [0.4, 0.5) is 0 Å². The second kappa shape index (κ2) is 6.76. The van der Waals surface area contributed by atoms with Gasteiger partial charge in [-0.2, -0.15) is 0 Å². The van der Waals surface area contributed by atoms with Crippen LogP contribution in [0.15, 0.2) is 24.3 Å². The van der Waals surface area contributed by atoms with Crippen LogP contribution in [0.2, 0.25) is 0 Å². The quantitative estimate of drug-likeness (QED) is 0.762. The number of likely N-dealkylation sites (tertiary alicyclic amines) is 1. The number of hydrogen-bond acceptors (Lipinski definition) is 1. The Kier molecular flexibility index (Phi) is 5.26. The summed E-state index contributed by atoms with van der Waals surface area (Å²) in [5, 5.41) is 0. The number of piperidine rings is 1. The van der Waals surface area contributed by atoms with E-state index in [4.69, 9.17) is 0 Å². The molecule has 1 aliphatic rings. The lowest BCUT2D eigenvalue weighted by molar-refractivity contribution is 0.147. The van der Waals surface area contributed by atoms with Crippen LogP contribution in [-0.4, -0.2) is 24.0 Å². The zero-order valence-electron chi connectivity index (χ0n) is 13.8. The fraction of sp³-hybridized carbons (Fsp3) is 0.684. The summed E-state index contributed by atoms with van der Waals surface area (Å²) in [4.78, 5) is 2.72. The van der Waals surface area contributed by atoms with Crippen LogP contribution in [0.5, 0.6) is 0 Å². The summed E-state index contributed by atoms with van der Waals surface area (Å²) in [6.07, 6.45) is 6.67. The molecule has 0 saturated carbocycles. The summed E-state index contributed by atoms with van der Waals surface area (Å²) in [7, 11) is 0. The number of benzene rings is 1. The summed E-state index contributed by atoms with van der Waals surface area (Å²) >= 11 is 0. The van der Waals surface area contributed by atoms with Crippen LogP contribution in [-0.2, 0) is 11.8 Å². The first-order valence-corrected chi connectivity index (χ1v) is 8.34. The summed E-state index contributed by atoms with van der Waals surface area (Å²) in [5.41, 5.74) is 3.24. The van der Waals surface area contributed by atoms with E-state index in [-0.39, 0.29) is 5.41 Å². The minimum absolute atomic E-state index is 0.256. The SMILES string of the molecule is CCCN1CCCCC1Cc1cccc(C(C)(C)C)c1. The molecule has 1 aromatic rings. The highest BCUT2D eigenvalue weighted by molar-refractivity contribution is 5.29. The molecule has 1 heteroatoms. The molecule has 0 radical (unpaired) electrons. The smallest absolute Gasteiger partial charge is 0.0136 e. The van der Waals surface area contributed by atoms with Crippen LogP contribution in [0.3, 0.4) is 0 Å². The zero-order valence-corrected chi connectivity index (χ0v) is 13.8. The van der Waals surface area contributed by atoms with Gasteiger partial charge in [0.2, 0.25) is 0 Å². The summed E-state index contributed by atoms with van der Waals surface area (Å²) in [6, 6.07) is 10.0. The van der Waals surface area contributed by atoms with Gasteiger partial charge in [0.05, 0.1) is 0 Å². The standard InChI is InChI=1S/C19H31N/c1-5-12-20-13-7-6-11-18(20)15-16-9-8-10-17(14-16)19(2,3)4/h8-10,14,18H,5-7,11-13,15H2,1-4H3. The topological polar surface area (TPSA) is 3.24 Å². The number of nitrogens with zero attached hydrogens (tertiary/aromatic N) is 1. The van der Waals surface area contributed by atoms with E-state index in [0.29, 0.717) is 0 Å². The van der Waals surface area contributed by atoms with Gasteiger partial charge in [-0.1, -0.05) is 58.4 Å². The molecule has 1 fully saturated rings. The minimum Gasteiger partial charge on any atom is -0.300 e. The highest BCUT2D eigenvalue weighted by Gasteiger charge is 2.22. The largest absolute Gasteiger partial charge is 0.300 e. The zero-order chi connectivity index (χ0) is 14.6. The molecule has 1 heterocycles. The van der Waals surface area contributed by atoms with E-state index in [9.17, 15) is 0 Å². The molecule has 0 amide bonds. The Morgan fingerprint density at radius 3 is 2.70 bits per heavy atom. The first-order chi connectivity index (χ1) is 9.50. The third-order valence-electron chi connectivity index (χ3n) is 4.52. The first-order valence-electron chi connectivity index (χ1n) is 8.34. The van der Waals surface area contributed by atoms with E-state index in [0.717, 1.165) is 6.04 Å². The Balaban J connectivity index is 2.08. The van der Waals surface area contributed by atoms with E-state index in [2.05, 4.69) is 56.9 Å². The molecular weight excluding hydrogens is 242 g/mol. The van der Waals surface area contributed by atoms with Gasteiger partial charge in [-0.25, -0.2) is 0 Å². The van der Waals surface area contributed by atoms with Crippen molar-refractivity contribution in [1.82, 2.24) is 4.90 Å². The Morgan fingerprint density at radius 2 is 2.00 bits per heavy atom. The fourth-order valence-electron chi connectivity index (χ4n) is 3.31. The molecular formula is C19H31N. The number of hydrogen-bond donors (Lipinski definition) is 0. The van der Waals surface area contributed by atoms with Crippen molar-refractivity contribution in [2.75, 3.05) is 13.1 Å². The molecule has 1 aliphatic heterocycles. The summed E-state index contributed by atoms with van der Waals surface area (Å²) in [6.45, 7) is 11.8. The Bertz CT molecular complexity index is 414. The van der Waals surface area contributed by atoms with Gasteiger partial charge < -0.3 is 4.90 Å². The monoisotopic (exact) mass is 273 g/mol. The van der Waals surface area contributed by atoms with Crippen LogP contribution >= 0.6 is 0 Å². The minimum atomic E-state index is 0.256. The third-order valence-corrected chi connectivity index (χ3v) is 4.52. The molecule has 1 unspecified atom stereocenters. The van der Waals surface area contributed by atoms with E-state index >= 15 is 0 Å². The van der Waals surface area contributed by atoms with Crippen LogP contribution in [0.25, 0.3) is 0 Å². The lowest BCUT2D eigenvalue weighted by Gasteiger charge is -2.36. The second-order valence-electron chi connectivity index (χ2n) is 7.34. The Labute approximate surface area is 125 Å². The third kappa shape index (κ3) is 4.09. The van der Waals surface area contributed by atoms with Crippen molar-refractivity contribution >= 4 is 0 Å². The molecule has 0 bridgehead atoms. The number of rotatable bonds is 4. The highest BCUT2D eigenvalue weighted by atomic mass is 15.2. The van der Waals surface area contributed by atoms with E-state index in [1.807, 2.05) is 0 Å². The predicted molar refractivity (Wildman–Crippen MR) is 88.3 cm³/mol. The fourth-order valence-corrected chi connectivity index (χ4v) is 3.31. The molecule has 0 spiro atoms. The molecule has 0 aromatic heterocycles. The predicted octanol–water partition coefficient (Wildman–Crippen LogP) is 4.79.